The average molecular weight is 400 g/mol. The minimum absolute atomic E-state index is 0.0202. The zero-order valence-electron chi connectivity index (χ0n) is 16.0. The van der Waals surface area contributed by atoms with Crippen molar-refractivity contribution in [2.45, 2.75) is 51.0 Å². The highest BCUT2D eigenvalue weighted by Gasteiger charge is 2.21. The number of ether oxygens (including phenoxy) is 1. The molecule has 0 fully saturated rings. The van der Waals surface area contributed by atoms with E-state index in [1.54, 1.807) is 12.1 Å². The lowest BCUT2D eigenvalue weighted by Gasteiger charge is -2.17. The molecule has 0 aromatic heterocycles. The molecule has 1 unspecified atom stereocenters. The molecule has 2 amide bonds. The van der Waals surface area contributed by atoms with Gasteiger partial charge in [0, 0.05) is 0 Å². The van der Waals surface area contributed by atoms with Gasteiger partial charge in [-0.05, 0) is 43.0 Å². The van der Waals surface area contributed by atoms with Gasteiger partial charge in [-0.3, -0.25) is 9.59 Å². The summed E-state index contributed by atoms with van der Waals surface area (Å²) in [6, 6.07) is 5.12. The molecule has 0 aliphatic rings. The fraction of sp³-hybridized carbons (Fsp3) is 0.556. The van der Waals surface area contributed by atoms with Crippen molar-refractivity contribution in [3.05, 3.63) is 24.3 Å². The quantitative estimate of drug-likeness (QED) is 0.455. The summed E-state index contributed by atoms with van der Waals surface area (Å²) in [7, 11) is -3.86. The van der Waals surface area contributed by atoms with Gasteiger partial charge in [0.2, 0.25) is 21.8 Å². The Morgan fingerprint density at radius 3 is 2.33 bits per heavy atom. The van der Waals surface area contributed by atoms with E-state index in [4.69, 9.17) is 10.5 Å². The van der Waals surface area contributed by atoms with Crippen LogP contribution in [0.5, 0.6) is 5.75 Å². The molecule has 1 aromatic rings. The van der Waals surface area contributed by atoms with Gasteiger partial charge < -0.3 is 15.8 Å². The first-order valence-electron chi connectivity index (χ1n) is 8.97. The van der Waals surface area contributed by atoms with Crippen LogP contribution in [0.25, 0.3) is 0 Å². The maximum absolute atomic E-state index is 12.3. The lowest BCUT2D eigenvalue weighted by molar-refractivity contribution is -0.127. The zero-order valence-corrected chi connectivity index (χ0v) is 16.8. The summed E-state index contributed by atoms with van der Waals surface area (Å²) in [6.45, 7) is 5.91. The molecule has 4 N–H and O–H groups in total. The summed E-state index contributed by atoms with van der Waals surface area (Å²) in [4.78, 5) is 23.3. The van der Waals surface area contributed by atoms with Crippen LogP contribution in [0.4, 0.5) is 0 Å². The Hall–Kier alpha value is -2.13. The fourth-order valence-corrected chi connectivity index (χ4v) is 3.24. The highest BCUT2D eigenvalue weighted by atomic mass is 32.2. The molecule has 0 heterocycles. The van der Waals surface area contributed by atoms with E-state index < -0.39 is 34.4 Å². The predicted molar refractivity (Wildman–Crippen MR) is 103 cm³/mol. The highest BCUT2D eigenvalue weighted by Crippen LogP contribution is 2.16. The summed E-state index contributed by atoms with van der Waals surface area (Å²) in [5.74, 6) is -0.545. The third-order valence-corrected chi connectivity index (χ3v) is 5.13. The molecule has 0 saturated heterocycles. The number of nitrogens with two attached hydrogens (primary N) is 1. The summed E-state index contributed by atoms with van der Waals surface area (Å²) in [5, 5.41) is 2.45. The van der Waals surface area contributed by atoms with Gasteiger partial charge in [0.1, 0.15) is 11.8 Å². The number of hydrogen-bond acceptors (Lipinski definition) is 5. The predicted octanol–water partition coefficient (Wildman–Crippen LogP) is 1.16. The minimum atomic E-state index is -3.86. The molecule has 152 valence electrons. The topological polar surface area (TPSA) is 128 Å². The van der Waals surface area contributed by atoms with Gasteiger partial charge in [-0.1, -0.05) is 27.2 Å². The Bertz CT molecular complexity index is 717. The van der Waals surface area contributed by atoms with Crippen LogP contribution in [0.1, 0.15) is 40.0 Å². The Labute approximate surface area is 160 Å². The molecule has 0 radical (unpaired) electrons. The molecule has 0 bridgehead atoms. The van der Waals surface area contributed by atoms with Gasteiger partial charge in [-0.15, -0.1) is 0 Å². The van der Waals surface area contributed by atoms with Crippen molar-refractivity contribution in [3.8, 4) is 5.75 Å². The van der Waals surface area contributed by atoms with E-state index in [0.29, 0.717) is 18.8 Å². The molecule has 0 spiro atoms. The maximum atomic E-state index is 12.3. The molecule has 0 saturated carbocycles. The first-order valence-corrected chi connectivity index (χ1v) is 10.4. The molecule has 9 heteroatoms. The normalized spacial score (nSPS) is 12.6. The van der Waals surface area contributed by atoms with Gasteiger partial charge in [0.05, 0.1) is 18.0 Å². The molecular weight excluding hydrogens is 370 g/mol. The van der Waals surface area contributed by atoms with Crippen LogP contribution in [-0.2, 0) is 19.6 Å². The first kappa shape index (κ1) is 22.9. The van der Waals surface area contributed by atoms with Crippen LogP contribution in [0.3, 0.4) is 0 Å². The van der Waals surface area contributed by atoms with Gasteiger partial charge in [0.25, 0.3) is 0 Å². The number of carbonyl (C=O) groups excluding carboxylic acids is 2. The number of primary amides is 1. The van der Waals surface area contributed by atoms with Gasteiger partial charge in [-0.25, -0.2) is 13.1 Å². The van der Waals surface area contributed by atoms with Crippen LogP contribution in [0, 0.1) is 5.92 Å². The molecule has 27 heavy (non-hydrogen) atoms. The number of rotatable bonds is 12. The van der Waals surface area contributed by atoms with Crippen molar-refractivity contribution in [2.75, 3.05) is 13.2 Å². The highest BCUT2D eigenvalue weighted by molar-refractivity contribution is 7.89. The van der Waals surface area contributed by atoms with Crippen molar-refractivity contribution in [2.24, 2.45) is 11.7 Å². The second-order valence-electron chi connectivity index (χ2n) is 6.65. The first-order chi connectivity index (χ1) is 12.7. The summed E-state index contributed by atoms with van der Waals surface area (Å²) < 4.78 is 32.3. The van der Waals surface area contributed by atoms with Crippen molar-refractivity contribution >= 4 is 21.8 Å². The van der Waals surface area contributed by atoms with Crippen molar-refractivity contribution in [1.82, 2.24) is 10.0 Å². The lowest BCUT2D eigenvalue weighted by Crippen LogP contribution is -2.48. The van der Waals surface area contributed by atoms with E-state index in [1.807, 2.05) is 13.8 Å². The third-order valence-electron chi connectivity index (χ3n) is 3.71. The molecule has 8 nitrogen and oxygen atoms in total. The average Bonchev–Trinajstić information content (AvgIpc) is 2.60. The van der Waals surface area contributed by atoms with Crippen molar-refractivity contribution in [1.29, 1.82) is 0 Å². The zero-order chi connectivity index (χ0) is 20.4. The molecule has 0 aliphatic carbocycles. The summed E-state index contributed by atoms with van der Waals surface area (Å²) >= 11 is 0. The van der Waals surface area contributed by atoms with Crippen molar-refractivity contribution < 1.29 is 22.7 Å². The number of carbonyl (C=O) groups is 2. The van der Waals surface area contributed by atoms with E-state index in [1.165, 1.54) is 12.1 Å². The Morgan fingerprint density at radius 2 is 1.81 bits per heavy atom. The Morgan fingerprint density at radius 1 is 1.19 bits per heavy atom. The minimum Gasteiger partial charge on any atom is -0.494 e. The van der Waals surface area contributed by atoms with Crippen LogP contribution < -0.4 is 20.5 Å². The van der Waals surface area contributed by atoms with Crippen LogP contribution in [-0.4, -0.2) is 39.4 Å². The van der Waals surface area contributed by atoms with Gasteiger partial charge >= 0.3 is 0 Å². The van der Waals surface area contributed by atoms with Crippen LogP contribution >= 0.6 is 0 Å². The fourth-order valence-electron chi connectivity index (χ4n) is 2.26. The van der Waals surface area contributed by atoms with Crippen LogP contribution in [0.2, 0.25) is 0 Å². The van der Waals surface area contributed by atoms with E-state index in [2.05, 4.69) is 17.0 Å². The standard InChI is InChI=1S/C18H29N3O5S/c1-4-5-10-26-14-6-8-15(9-7-14)27(24,25)20-12-17(22)21-16(18(19)23)11-13(2)3/h6-9,13,16,20H,4-5,10-12H2,1-3H3,(H2,19,23)(H,21,22). The Kier molecular flexibility index (Phi) is 9.23. The summed E-state index contributed by atoms with van der Waals surface area (Å²) in [6.07, 6.45) is 2.30. The number of nitrogens with one attached hydrogen (secondary N) is 2. The van der Waals surface area contributed by atoms with E-state index in [0.717, 1.165) is 12.8 Å². The second-order valence-corrected chi connectivity index (χ2v) is 8.42. The molecule has 1 atom stereocenters. The second kappa shape index (κ2) is 10.9. The summed E-state index contributed by atoms with van der Waals surface area (Å²) in [5.41, 5.74) is 5.26. The molecule has 1 aromatic carbocycles. The maximum Gasteiger partial charge on any atom is 0.241 e. The number of sulfonamides is 1. The smallest absolute Gasteiger partial charge is 0.241 e. The SMILES string of the molecule is CCCCOc1ccc(S(=O)(=O)NCC(=O)NC(CC(C)C)C(N)=O)cc1. The number of benzene rings is 1. The lowest BCUT2D eigenvalue weighted by atomic mass is 10.0. The van der Waals surface area contributed by atoms with Crippen LogP contribution in [0.15, 0.2) is 29.2 Å². The van der Waals surface area contributed by atoms with E-state index in [9.17, 15) is 18.0 Å². The number of amides is 2. The van der Waals surface area contributed by atoms with Gasteiger partial charge in [0.15, 0.2) is 0 Å². The van der Waals surface area contributed by atoms with Gasteiger partial charge in [-0.2, -0.15) is 0 Å². The van der Waals surface area contributed by atoms with E-state index >= 15 is 0 Å². The molecule has 0 aliphatic heterocycles. The third kappa shape index (κ3) is 8.40. The molecule has 1 rings (SSSR count). The molecular formula is C18H29N3O5S. The Balaban J connectivity index is 2.61. The monoisotopic (exact) mass is 399 g/mol. The van der Waals surface area contributed by atoms with Crippen molar-refractivity contribution in [3.63, 3.8) is 0 Å². The largest absolute Gasteiger partial charge is 0.494 e. The number of unbranched alkanes of at least 4 members (excludes halogenated alkanes) is 1. The number of hydrogen-bond donors (Lipinski definition) is 3. The van der Waals surface area contributed by atoms with E-state index in [-0.39, 0.29) is 10.8 Å².